The van der Waals surface area contributed by atoms with Gasteiger partial charge in [-0.3, -0.25) is 0 Å². The lowest BCUT2D eigenvalue weighted by atomic mass is 10.3. The van der Waals surface area contributed by atoms with Crippen LogP contribution in [0.4, 0.5) is 11.8 Å². The molecule has 4 N–H and O–H groups in total. The number of nitrogens with one attached hydrogen (secondary N) is 2. The molecule has 0 amide bonds. The van der Waals surface area contributed by atoms with Crippen molar-refractivity contribution in [1.82, 2.24) is 24.9 Å². The third kappa shape index (κ3) is 2.29. The Morgan fingerprint density at radius 3 is 3.00 bits per heavy atom. The number of H-pyrrole nitrogens is 1. The number of hydrogen-bond donors (Lipinski definition) is 3. The van der Waals surface area contributed by atoms with E-state index in [9.17, 15) is 0 Å². The van der Waals surface area contributed by atoms with Crippen LogP contribution in [0.15, 0.2) is 12.5 Å². The van der Waals surface area contributed by atoms with Gasteiger partial charge in [-0.2, -0.15) is 9.97 Å². The quantitative estimate of drug-likeness (QED) is 0.679. The van der Waals surface area contributed by atoms with Crippen LogP contribution in [0.5, 0.6) is 0 Å². The van der Waals surface area contributed by atoms with Gasteiger partial charge >= 0.3 is 0 Å². The monoisotopic (exact) mass is 289 g/mol. The smallest absolute Gasteiger partial charge is 0.224 e. The molecule has 104 valence electrons. The molecular weight excluding hydrogens is 274 g/mol. The molecule has 0 aliphatic carbocycles. The summed E-state index contributed by atoms with van der Waals surface area (Å²) in [5.41, 5.74) is 7.00. The summed E-state index contributed by atoms with van der Waals surface area (Å²) >= 11 is 1.70. The molecule has 3 rings (SSSR count). The molecule has 0 saturated heterocycles. The van der Waals surface area contributed by atoms with E-state index in [1.54, 1.807) is 17.7 Å². The number of hydrogen-bond acceptors (Lipinski definition) is 7. The predicted octanol–water partition coefficient (Wildman–Crippen LogP) is 2.13. The zero-order valence-electron chi connectivity index (χ0n) is 11.2. The van der Waals surface area contributed by atoms with Gasteiger partial charge in [0, 0.05) is 11.1 Å². The molecule has 20 heavy (non-hydrogen) atoms. The Balaban J connectivity index is 1.90. The van der Waals surface area contributed by atoms with Gasteiger partial charge in [-0.05, 0) is 13.3 Å². The SMILES string of the molecule is CCc1cnc(C(C)Nc2nc(N)nc3nc[nH]c23)s1. The third-order valence-corrected chi connectivity index (χ3v) is 4.27. The van der Waals surface area contributed by atoms with E-state index < -0.39 is 0 Å². The summed E-state index contributed by atoms with van der Waals surface area (Å²) in [5.74, 6) is 0.846. The minimum atomic E-state index is 0.0427. The van der Waals surface area contributed by atoms with E-state index in [2.05, 4.69) is 37.2 Å². The lowest BCUT2D eigenvalue weighted by molar-refractivity contribution is 0.861. The Kier molecular flexibility index (Phi) is 3.23. The van der Waals surface area contributed by atoms with E-state index >= 15 is 0 Å². The number of aromatic nitrogens is 5. The zero-order valence-corrected chi connectivity index (χ0v) is 12.0. The molecule has 3 aromatic rings. The van der Waals surface area contributed by atoms with Crippen molar-refractivity contribution >= 4 is 34.3 Å². The number of nitrogens with two attached hydrogens (primary N) is 1. The van der Waals surface area contributed by atoms with Crippen LogP contribution >= 0.6 is 11.3 Å². The Morgan fingerprint density at radius 1 is 1.40 bits per heavy atom. The Labute approximate surface area is 119 Å². The van der Waals surface area contributed by atoms with Gasteiger partial charge in [0.05, 0.1) is 12.4 Å². The Morgan fingerprint density at radius 2 is 2.25 bits per heavy atom. The molecule has 3 aromatic heterocycles. The molecule has 1 unspecified atom stereocenters. The molecule has 0 spiro atoms. The maximum Gasteiger partial charge on any atom is 0.224 e. The molecule has 0 aliphatic heterocycles. The Hall–Kier alpha value is -2.22. The van der Waals surface area contributed by atoms with Crippen molar-refractivity contribution in [2.45, 2.75) is 26.3 Å². The average Bonchev–Trinajstić information content (AvgIpc) is 3.06. The molecular formula is C12H15N7S. The maximum atomic E-state index is 5.69. The third-order valence-electron chi connectivity index (χ3n) is 2.95. The van der Waals surface area contributed by atoms with Gasteiger partial charge in [-0.25, -0.2) is 9.97 Å². The van der Waals surface area contributed by atoms with Crippen LogP contribution in [0.25, 0.3) is 11.2 Å². The number of anilines is 2. The minimum Gasteiger partial charge on any atom is -0.368 e. The van der Waals surface area contributed by atoms with Crippen molar-refractivity contribution in [1.29, 1.82) is 0 Å². The van der Waals surface area contributed by atoms with Crippen LogP contribution in [-0.2, 0) is 6.42 Å². The molecule has 0 fully saturated rings. The van der Waals surface area contributed by atoms with Gasteiger partial charge in [-0.15, -0.1) is 11.3 Å². The van der Waals surface area contributed by atoms with Gasteiger partial charge in [-0.1, -0.05) is 6.92 Å². The summed E-state index contributed by atoms with van der Waals surface area (Å²) in [7, 11) is 0. The van der Waals surface area contributed by atoms with Crippen molar-refractivity contribution in [2.24, 2.45) is 0 Å². The lowest BCUT2D eigenvalue weighted by Gasteiger charge is -2.12. The molecule has 0 saturated carbocycles. The van der Waals surface area contributed by atoms with E-state index in [0.29, 0.717) is 11.5 Å². The highest BCUT2D eigenvalue weighted by Crippen LogP contribution is 2.26. The maximum absolute atomic E-state index is 5.69. The molecule has 0 aliphatic rings. The fourth-order valence-corrected chi connectivity index (χ4v) is 2.77. The second-order valence-corrected chi connectivity index (χ2v) is 5.56. The van der Waals surface area contributed by atoms with E-state index in [-0.39, 0.29) is 12.0 Å². The minimum absolute atomic E-state index is 0.0427. The molecule has 7 nitrogen and oxygen atoms in total. The van der Waals surface area contributed by atoms with Crippen LogP contribution in [0.2, 0.25) is 0 Å². The van der Waals surface area contributed by atoms with Crippen molar-refractivity contribution in [2.75, 3.05) is 11.1 Å². The molecule has 0 bridgehead atoms. The highest BCUT2D eigenvalue weighted by Gasteiger charge is 2.14. The summed E-state index contributed by atoms with van der Waals surface area (Å²) in [6.45, 7) is 4.16. The first-order valence-corrected chi connectivity index (χ1v) is 7.16. The second-order valence-electron chi connectivity index (χ2n) is 4.42. The number of nitrogens with zero attached hydrogens (tertiary/aromatic N) is 4. The first-order valence-electron chi connectivity index (χ1n) is 6.35. The summed E-state index contributed by atoms with van der Waals surface area (Å²) < 4.78 is 0. The van der Waals surface area contributed by atoms with E-state index in [0.717, 1.165) is 16.9 Å². The largest absolute Gasteiger partial charge is 0.368 e. The molecule has 3 heterocycles. The van der Waals surface area contributed by atoms with Gasteiger partial charge in [0.15, 0.2) is 11.5 Å². The number of fused-ring (bicyclic) bond motifs is 1. The summed E-state index contributed by atoms with van der Waals surface area (Å²) in [6.07, 6.45) is 4.49. The predicted molar refractivity (Wildman–Crippen MR) is 79.6 cm³/mol. The van der Waals surface area contributed by atoms with Gasteiger partial charge in [0.2, 0.25) is 5.95 Å². The highest BCUT2D eigenvalue weighted by atomic mass is 32.1. The van der Waals surface area contributed by atoms with Crippen molar-refractivity contribution in [3.05, 3.63) is 22.4 Å². The standard InChI is InChI=1S/C12H15N7S/c1-3-7-4-14-11(20-7)6(2)17-10-8-9(16-5-15-8)18-12(13)19-10/h4-6H,3H2,1-2H3,(H4,13,15,16,17,18,19). The topological polar surface area (TPSA) is 105 Å². The van der Waals surface area contributed by atoms with Gasteiger partial charge in [0.1, 0.15) is 10.5 Å². The lowest BCUT2D eigenvalue weighted by Crippen LogP contribution is -2.09. The van der Waals surface area contributed by atoms with Crippen LogP contribution < -0.4 is 11.1 Å². The van der Waals surface area contributed by atoms with Crippen LogP contribution in [0.1, 0.15) is 29.8 Å². The van der Waals surface area contributed by atoms with Crippen LogP contribution in [0, 0.1) is 0 Å². The highest BCUT2D eigenvalue weighted by molar-refractivity contribution is 7.11. The second kappa shape index (κ2) is 5.04. The number of thiazole rings is 1. The molecule has 8 heteroatoms. The number of imidazole rings is 1. The Bertz CT molecular complexity index is 732. The normalized spacial score (nSPS) is 12.7. The fourth-order valence-electron chi connectivity index (χ4n) is 1.91. The molecule has 1 atom stereocenters. The summed E-state index contributed by atoms with van der Waals surface area (Å²) in [6, 6.07) is 0.0427. The molecule has 0 radical (unpaired) electrons. The number of aromatic amines is 1. The number of rotatable bonds is 4. The van der Waals surface area contributed by atoms with E-state index in [1.165, 1.54) is 4.88 Å². The summed E-state index contributed by atoms with van der Waals surface area (Å²) in [4.78, 5) is 21.1. The molecule has 0 aromatic carbocycles. The first kappa shape index (κ1) is 12.8. The van der Waals surface area contributed by atoms with Crippen LogP contribution in [-0.4, -0.2) is 24.9 Å². The van der Waals surface area contributed by atoms with Gasteiger partial charge < -0.3 is 16.0 Å². The van der Waals surface area contributed by atoms with Crippen molar-refractivity contribution < 1.29 is 0 Å². The van der Waals surface area contributed by atoms with E-state index in [4.69, 9.17) is 5.73 Å². The van der Waals surface area contributed by atoms with Crippen LogP contribution in [0.3, 0.4) is 0 Å². The average molecular weight is 289 g/mol. The van der Waals surface area contributed by atoms with E-state index in [1.807, 2.05) is 13.1 Å². The summed E-state index contributed by atoms with van der Waals surface area (Å²) in [5, 5.41) is 4.33. The number of nitrogen functional groups attached to an aromatic ring is 1. The number of aryl methyl sites for hydroxylation is 1. The van der Waals surface area contributed by atoms with Crippen molar-refractivity contribution in [3.63, 3.8) is 0 Å². The first-order chi connectivity index (χ1) is 9.67. The van der Waals surface area contributed by atoms with Gasteiger partial charge in [0.25, 0.3) is 0 Å². The fraction of sp³-hybridized carbons (Fsp3) is 0.333. The zero-order chi connectivity index (χ0) is 14.1. The van der Waals surface area contributed by atoms with Crippen molar-refractivity contribution in [3.8, 4) is 0 Å².